The van der Waals surface area contributed by atoms with E-state index in [4.69, 9.17) is 11.6 Å². The molecule has 0 aliphatic carbocycles. The molecule has 2 rings (SSSR count). The van der Waals surface area contributed by atoms with Crippen LogP contribution in [-0.4, -0.2) is 50.5 Å². The van der Waals surface area contributed by atoms with Gasteiger partial charge in [0, 0.05) is 18.1 Å². The average Bonchev–Trinajstić information content (AvgIpc) is 2.74. The van der Waals surface area contributed by atoms with Crippen molar-refractivity contribution in [1.82, 2.24) is 10.2 Å². The normalized spacial score (nSPS) is 12.3. The molecule has 0 fully saturated rings. The van der Waals surface area contributed by atoms with Gasteiger partial charge in [-0.1, -0.05) is 61.8 Å². The van der Waals surface area contributed by atoms with Gasteiger partial charge in [0.25, 0.3) is 0 Å². The van der Waals surface area contributed by atoms with Crippen LogP contribution in [0.25, 0.3) is 0 Å². The highest BCUT2D eigenvalue weighted by molar-refractivity contribution is 7.92. The van der Waals surface area contributed by atoms with Crippen LogP contribution in [0.1, 0.15) is 26.3 Å². The largest absolute Gasteiger partial charge is 0.354 e. The monoisotopic (exact) mass is 479 g/mol. The van der Waals surface area contributed by atoms with Gasteiger partial charge in [-0.05, 0) is 36.6 Å². The molecular weight excluding hydrogens is 450 g/mol. The van der Waals surface area contributed by atoms with Gasteiger partial charge in [-0.2, -0.15) is 0 Å². The van der Waals surface area contributed by atoms with E-state index in [0.29, 0.717) is 22.8 Å². The Balaban J connectivity index is 2.35. The van der Waals surface area contributed by atoms with Crippen LogP contribution in [0.5, 0.6) is 0 Å². The smallest absolute Gasteiger partial charge is 0.244 e. The van der Waals surface area contributed by atoms with E-state index in [1.807, 2.05) is 13.8 Å². The van der Waals surface area contributed by atoms with Crippen LogP contribution in [0.3, 0.4) is 0 Å². The molecule has 0 heterocycles. The maximum Gasteiger partial charge on any atom is 0.244 e. The van der Waals surface area contributed by atoms with E-state index >= 15 is 0 Å². The molecule has 1 N–H and O–H groups in total. The summed E-state index contributed by atoms with van der Waals surface area (Å²) in [6, 6.07) is 14.6. The van der Waals surface area contributed by atoms with E-state index in [9.17, 15) is 18.0 Å². The third kappa shape index (κ3) is 7.24. The molecule has 9 heteroatoms. The van der Waals surface area contributed by atoms with Gasteiger partial charge in [0.2, 0.25) is 21.8 Å². The summed E-state index contributed by atoms with van der Waals surface area (Å²) >= 11 is 6.29. The van der Waals surface area contributed by atoms with E-state index in [-0.39, 0.29) is 18.4 Å². The summed E-state index contributed by atoms with van der Waals surface area (Å²) in [7, 11) is -3.74. The fourth-order valence-electron chi connectivity index (χ4n) is 3.05. The first-order chi connectivity index (χ1) is 15.0. The maximum absolute atomic E-state index is 13.4. The van der Waals surface area contributed by atoms with Gasteiger partial charge in [0.15, 0.2) is 0 Å². The van der Waals surface area contributed by atoms with Crippen molar-refractivity contribution in [2.24, 2.45) is 5.92 Å². The molecule has 1 atom stereocenters. The molecule has 0 radical (unpaired) electrons. The molecule has 0 aromatic heterocycles. The van der Waals surface area contributed by atoms with Crippen molar-refractivity contribution in [1.29, 1.82) is 0 Å². The minimum Gasteiger partial charge on any atom is -0.354 e. The number of rotatable bonds is 10. The minimum atomic E-state index is -3.74. The van der Waals surface area contributed by atoms with Crippen LogP contribution >= 0.6 is 11.6 Å². The fourth-order valence-corrected chi connectivity index (χ4v) is 4.10. The summed E-state index contributed by atoms with van der Waals surface area (Å²) in [5, 5.41) is 3.30. The van der Waals surface area contributed by atoms with Crippen molar-refractivity contribution in [3.63, 3.8) is 0 Å². The van der Waals surface area contributed by atoms with Crippen molar-refractivity contribution < 1.29 is 18.0 Å². The third-order valence-corrected chi connectivity index (χ3v) is 6.38. The summed E-state index contributed by atoms with van der Waals surface area (Å²) < 4.78 is 25.9. The summed E-state index contributed by atoms with van der Waals surface area (Å²) in [6.07, 6.45) is 1.05. The minimum absolute atomic E-state index is 0.0706. The molecule has 2 aromatic rings. The molecule has 0 unspecified atom stereocenters. The number of nitrogens with zero attached hydrogens (tertiary/aromatic N) is 2. The van der Waals surface area contributed by atoms with E-state index in [2.05, 4.69) is 5.32 Å². The molecule has 0 bridgehead atoms. The number of sulfonamides is 1. The number of nitrogens with one attached hydrogen (secondary N) is 1. The molecule has 174 valence electrons. The van der Waals surface area contributed by atoms with Gasteiger partial charge in [0.05, 0.1) is 11.9 Å². The Morgan fingerprint density at radius 3 is 2.16 bits per heavy atom. The maximum atomic E-state index is 13.4. The van der Waals surface area contributed by atoms with Crippen LogP contribution in [0.2, 0.25) is 5.02 Å². The Bertz CT molecular complexity index is 1030. The average molecular weight is 480 g/mol. The Kier molecular flexibility index (Phi) is 9.09. The summed E-state index contributed by atoms with van der Waals surface area (Å²) in [6.45, 7) is 5.67. The Morgan fingerprint density at radius 1 is 1.00 bits per heavy atom. The first-order valence-electron chi connectivity index (χ1n) is 10.3. The zero-order valence-corrected chi connectivity index (χ0v) is 20.4. The SMILES string of the molecule is CC(C)CNC(=O)[C@@H](C)N(Cc1ccccc1Cl)C(=O)CN(c1ccccc1)S(C)(=O)=O. The first kappa shape index (κ1) is 25.7. The Morgan fingerprint density at radius 2 is 1.59 bits per heavy atom. The van der Waals surface area contributed by atoms with E-state index in [1.165, 1.54) is 4.90 Å². The fraction of sp³-hybridized carbons (Fsp3) is 0.391. The van der Waals surface area contributed by atoms with Gasteiger partial charge in [0.1, 0.15) is 12.6 Å². The lowest BCUT2D eigenvalue weighted by atomic mass is 10.1. The lowest BCUT2D eigenvalue weighted by Gasteiger charge is -2.31. The van der Waals surface area contributed by atoms with Crippen molar-refractivity contribution in [3.05, 3.63) is 65.2 Å². The number of halogens is 1. The second-order valence-electron chi connectivity index (χ2n) is 8.03. The molecule has 0 spiro atoms. The summed E-state index contributed by atoms with van der Waals surface area (Å²) in [4.78, 5) is 27.5. The number of hydrogen-bond donors (Lipinski definition) is 1. The van der Waals surface area contributed by atoms with Crippen LogP contribution in [0.4, 0.5) is 5.69 Å². The second kappa shape index (κ2) is 11.3. The van der Waals surface area contributed by atoms with E-state index in [1.54, 1.807) is 61.5 Å². The molecule has 2 aromatic carbocycles. The zero-order chi connectivity index (χ0) is 23.9. The molecule has 0 aliphatic heterocycles. The van der Waals surface area contributed by atoms with Crippen molar-refractivity contribution in [2.75, 3.05) is 23.7 Å². The number of amides is 2. The highest BCUT2D eigenvalue weighted by Crippen LogP contribution is 2.21. The van der Waals surface area contributed by atoms with Crippen molar-refractivity contribution in [2.45, 2.75) is 33.4 Å². The first-order valence-corrected chi connectivity index (χ1v) is 12.6. The van der Waals surface area contributed by atoms with E-state index < -0.39 is 28.5 Å². The lowest BCUT2D eigenvalue weighted by Crippen LogP contribution is -2.51. The molecule has 2 amide bonds. The molecular formula is C23H30ClN3O4S. The topological polar surface area (TPSA) is 86.8 Å². The lowest BCUT2D eigenvalue weighted by molar-refractivity contribution is -0.139. The van der Waals surface area contributed by atoms with Crippen LogP contribution < -0.4 is 9.62 Å². The number of benzene rings is 2. The Labute approximate surface area is 195 Å². The highest BCUT2D eigenvalue weighted by Gasteiger charge is 2.30. The van der Waals surface area contributed by atoms with Crippen LogP contribution in [0, 0.1) is 5.92 Å². The highest BCUT2D eigenvalue weighted by atomic mass is 35.5. The third-order valence-electron chi connectivity index (χ3n) is 4.87. The molecule has 7 nitrogen and oxygen atoms in total. The zero-order valence-electron chi connectivity index (χ0n) is 18.8. The summed E-state index contributed by atoms with van der Waals surface area (Å²) in [5.41, 5.74) is 1.04. The number of para-hydroxylation sites is 1. The molecule has 0 saturated heterocycles. The van der Waals surface area contributed by atoms with Gasteiger partial charge in [-0.3, -0.25) is 13.9 Å². The van der Waals surface area contributed by atoms with Gasteiger partial charge in [-0.15, -0.1) is 0 Å². The molecule has 0 aliphatic rings. The summed E-state index contributed by atoms with van der Waals surface area (Å²) in [5.74, 6) is -0.575. The Hall–Kier alpha value is -2.58. The molecule has 32 heavy (non-hydrogen) atoms. The van der Waals surface area contributed by atoms with Crippen LogP contribution in [0.15, 0.2) is 54.6 Å². The number of hydrogen-bond acceptors (Lipinski definition) is 4. The van der Waals surface area contributed by atoms with Gasteiger partial charge in [-0.25, -0.2) is 8.42 Å². The number of carbonyl (C=O) groups excluding carboxylic acids is 2. The molecule has 0 saturated carbocycles. The van der Waals surface area contributed by atoms with Crippen LogP contribution in [-0.2, 0) is 26.2 Å². The quantitative estimate of drug-likeness (QED) is 0.566. The van der Waals surface area contributed by atoms with E-state index in [0.717, 1.165) is 10.6 Å². The van der Waals surface area contributed by atoms with Crippen molar-refractivity contribution in [3.8, 4) is 0 Å². The van der Waals surface area contributed by atoms with Gasteiger partial charge >= 0.3 is 0 Å². The standard InChI is InChI=1S/C23H30ClN3O4S/c1-17(2)14-25-23(29)18(3)26(15-19-10-8-9-13-21(19)24)22(28)16-27(32(4,30)31)20-11-6-5-7-12-20/h5-13,17-18H,14-16H2,1-4H3,(H,25,29)/t18-/m1/s1. The number of carbonyl (C=O) groups is 2. The number of anilines is 1. The van der Waals surface area contributed by atoms with Crippen molar-refractivity contribution >= 4 is 39.1 Å². The second-order valence-corrected chi connectivity index (χ2v) is 10.3. The predicted molar refractivity (Wildman–Crippen MR) is 128 cm³/mol. The predicted octanol–water partition coefficient (Wildman–Crippen LogP) is 3.30. The van der Waals surface area contributed by atoms with Gasteiger partial charge < -0.3 is 10.2 Å².